The number of carbonyl (C=O) groups is 1. The topological polar surface area (TPSA) is 17.1 Å². The van der Waals surface area contributed by atoms with Gasteiger partial charge < -0.3 is 0 Å². The van der Waals surface area contributed by atoms with E-state index < -0.39 is 0 Å². The van der Waals surface area contributed by atoms with E-state index in [9.17, 15) is 4.79 Å². The summed E-state index contributed by atoms with van der Waals surface area (Å²) in [7, 11) is 0. The van der Waals surface area contributed by atoms with E-state index in [-0.39, 0.29) is 10.8 Å². The van der Waals surface area contributed by atoms with Crippen molar-refractivity contribution < 1.29 is 4.79 Å². The van der Waals surface area contributed by atoms with Gasteiger partial charge in [-0.05, 0) is 98.7 Å². The van der Waals surface area contributed by atoms with Gasteiger partial charge in [0.25, 0.3) is 0 Å². The minimum Gasteiger partial charge on any atom is -0.299 e. The largest absolute Gasteiger partial charge is 0.299 e. The highest BCUT2D eigenvalue weighted by Crippen LogP contribution is 2.68. The van der Waals surface area contributed by atoms with Gasteiger partial charge in [0.05, 0.1) is 0 Å². The molecule has 4 rings (SSSR count). The molecule has 0 radical (unpaired) electrons. The highest BCUT2D eigenvalue weighted by atomic mass is 16.1. The Morgan fingerprint density at radius 3 is 2.40 bits per heavy atom. The first kappa shape index (κ1) is 22.6. The fourth-order valence-electron chi connectivity index (χ4n) is 9.24. The molecule has 0 heterocycles. The molecule has 3 fully saturated rings. The summed E-state index contributed by atoms with van der Waals surface area (Å²) >= 11 is 0. The zero-order valence-corrected chi connectivity index (χ0v) is 21.0. The molecule has 1 unspecified atom stereocenters. The van der Waals surface area contributed by atoms with E-state index in [1.165, 1.54) is 56.9 Å². The van der Waals surface area contributed by atoms with Crippen molar-refractivity contribution in [3.63, 3.8) is 0 Å². The third kappa shape index (κ3) is 3.36. The number of carbonyl (C=O) groups excluding carboxylic acids is 1. The summed E-state index contributed by atoms with van der Waals surface area (Å²) in [5.74, 6) is 5.69. The van der Waals surface area contributed by atoms with Crippen LogP contribution in [0.25, 0.3) is 0 Å². The van der Waals surface area contributed by atoms with Gasteiger partial charge in [-0.25, -0.2) is 0 Å². The maximum atomic E-state index is 12.7. The third-order valence-corrected chi connectivity index (χ3v) is 10.9. The SMILES string of the molecule is CC(C)CCC[C@@H](C)C1CC[C@H]2[C@@H]3CC=C4C(C)(C)C(=O)CC[C@]4(C)[C@H]3CC[C@]12C. The van der Waals surface area contributed by atoms with Gasteiger partial charge in [0.15, 0.2) is 0 Å². The van der Waals surface area contributed by atoms with Crippen molar-refractivity contribution in [2.24, 2.45) is 51.8 Å². The Morgan fingerprint density at radius 2 is 1.70 bits per heavy atom. The molecule has 170 valence electrons. The Labute approximate surface area is 186 Å². The van der Waals surface area contributed by atoms with E-state index in [0.29, 0.717) is 11.2 Å². The first-order valence-electron chi connectivity index (χ1n) is 13.3. The predicted molar refractivity (Wildman–Crippen MR) is 127 cm³/mol. The summed E-state index contributed by atoms with van der Waals surface area (Å²) in [6, 6.07) is 0. The van der Waals surface area contributed by atoms with Crippen molar-refractivity contribution in [2.45, 2.75) is 113 Å². The fraction of sp³-hybridized carbons (Fsp3) is 0.897. The van der Waals surface area contributed by atoms with Crippen molar-refractivity contribution in [1.82, 2.24) is 0 Å². The van der Waals surface area contributed by atoms with Gasteiger partial charge >= 0.3 is 0 Å². The van der Waals surface area contributed by atoms with E-state index >= 15 is 0 Å². The van der Waals surface area contributed by atoms with Crippen LogP contribution in [-0.2, 0) is 4.79 Å². The molecule has 0 aromatic carbocycles. The number of rotatable bonds is 5. The quantitative estimate of drug-likeness (QED) is 0.415. The average molecular weight is 413 g/mol. The maximum Gasteiger partial charge on any atom is 0.142 e. The molecule has 0 aliphatic heterocycles. The van der Waals surface area contributed by atoms with Crippen molar-refractivity contribution in [2.75, 3.05) is 0 Å². The van der Waals surface area contributed by atoms with Crippen LogP contribution in [0.5, 0.6) is 0 Å². The molecular formula is C29H48O. The highest BCUT2D eigenvalue weighted by molar-refractivity contribution is 5.89. The molecule has 7 atom stereocenters. The number of hydrogen-bond acceptors (Lipinski definition) is 1. The third-order valence-electron chi connectivity index (χ3n) is 10.9. The molecule has 4 aliphatic rings. The van der Waals surface area contributed by atoms with Crippen LogP contribution in [0.4, 0.5) is 0 Å². The van der Waals surface area contributed by atoms with Crippen molar-refractivity contribution in [1.29, 1.82) is 0 Å². The molecule has 0 aromatic heterocycles. The predicted octanol–water partition coefficient (Wildman–Crippen LogP) is 8.23. The highest BCUT2D eigenvalue weighted by Gasteiger charge is 2.61. The zero-order chi connectivity index (χ0) is 21.9. The van der Waals surface area contributed by atoms with Crippen molar-refractivity contribution >= 4 is 5.78 Å². The second-order valence-electron chi connectivity index (χ2n) is 13.2. The second-order valence-corrected chi connectivity index (χ2v) is 13.2. The summed E-state index contributed by atoms with van der Waals surface area (Å²) in [6.07, 6.45) is 15.7. The minimum absolute atomic E-state index is 0.234. The average Bonchev–Trinajstić information content (AvgIpc) is 3.02. The molecule has 0 saturated heterocycles. The van der Waals surface area contributed by atoms with Crippen LogP contribution in [0.1, 0.15) is 113 Å². The lowest BCUT2D eigenvalue weighted by atomic mass is 9.44. The Morgan fingerprint density at radius 1 is 0.967 bits per heavy atom. The summed E-state index contributed by atoms with van der Waals surface area (Å²) in [5.41, 5.74) is 2.10. The summed E-state index contributed by atoms with van der Waals surface area (Å²) in [6.45, 7) is 16.9. The maximum absolute atomic E-state index is 12.7. The fourth-order valence-corrected chi connectivity index (χ4v) is 9.24. The molecule has 0 aromatic rings. The number of fused-ring (bicyclic) bond motifs is 5. The van der Waals surface area contributed by atoms with Crippen LogP contribution >= 0.6 is 0 Å². The van der Waals surface area contributed by atoms with Crippen LogP contribution in [0.3, 0.4) is 0 Å². The molecule has 0 amide bonds. The smallest absolute Gasteiger partial charge is 0.142 e. The summed E-state index contributed by atoms with van der Waals surface area (Å²) in [4.78, 5) is 12.7. The number of ketones is 1. The number of hydrogen-bond donors (Lipinski definition) is 0. The van der Waals surface area contributed by atoms with Crippen molar-refractivity contribution in [3.05, 3.63) is 11.6 Å². The van der Waals surface area contributed by atoms with Gasteiger partial charge in [0.2, 0.25) is 0 Å². The molecule has 30 heavy (non-hydrogen) atoms. The summed E-state index contributed by atoms with van der Waals surface area (Å²) in [5, 5.41) is 0. The number of allylic oxidation sites excluding steroid dienone is 2. The molecule has 1 nitrogen and oxygen atoms in total. The van der Waals surface area contributed by atoms with Gasteiger partial charge in [-0.2, -0.15) is 0 Å². The van der Waals surface area contributed by atoms with E-state index in [0.717, 1.165) is 48.3 Å². The van der Waals surface area contributed by atoms with Crippen LogP contribution in [0.15, 0.2) is 11.6 Å². The molecular weight excluding hydrogens is 364 g/mol. The molecule has 0 N–H and O–H groups in total. The Bertz CT molecular complexity index is 699. The van der Waals surface area contributed by atoms with Gasteiger partial charge in [-0.15, -0.1) is 0 Å². The first-order chi connectivity index (χ1) is 14.0. The standard InChI is InChI=1S/C29H48O/c1-19(2)9-8-10-20(3)22-12-13-23-21-11-14-25-27(4,5)26(30)16-18-29(25,7)24(21)15-17-28(22,23)6/h14,19-24H,8-13,15-18H2,1-7H3/t20-,21+,22?,23+,24+,28-,29-/m1/s1. The monoisotopic (exact) mass is 412 g/mol. The molecule has 4 aliphatic carbocycles. The summed E-state index contributed by atoms with van der Waals surface area (Å²) < 4.78 is 0. The molecule has 1 heteroatoms. The second kappa shape index (κ2) is 7.77. The van der Waals surface area contributed by atoms with Gasteiger partial charge in [-0.1, -0.05) is 65.5 Å². The lowest BCUT2D eigenvalue weighted by molar-refractivity contribution is -0.132. The Balaban J connectivity index is 1.54. The van der Waals surface area contributed by atoms with Gasteiger partial charge in [0.1, 0.15) is 5.78 Å². The molecule has 3 saturated carbocycles. The van der Waals surface area contributed by atoms with E-state index in [1.807, 2.05) is 0 Å². The van der Waals surface area contributed by atoms with Crippen LogP contribution in [0, 0.1) is 51.8 Å². The van der Waals surface area contributed by atoms with Crippen LogP contribution < -0.4 is 0 Å². The zero-order valence-electron chi connectivity index (χ0n) is 21.0. The number of Topliss-reactive ketones (excluding diaryl/α,β-unsaturated/α-hetero) is 1. The Hall–Kier alpha value is -0.590. The minimum atomic E-state index is -0.234. The first-order valence-corrected chi connectivity index (χ1v) is 13.3. The van der Waals surface area contributed by atoms with E-state index in [2.05, 4.69) is 54.5 Å². The van der Waals surface area contributed by atoms with Gasteiger partial charge in [0, 0.05) is 11.8 Å². The molecule has 0 bridgehead atoms. The van der Waals surface area contributed by atoms with Crippen LogP contribution in [-0.4, -0.2) is 5.78 Å². The normalized spacial score (nSPS) is 43.6. The van der Waals surface area contributed by atoms with Crippen molar-refractivity contribution in [3.8, 4) is 0 Å². The van der Waals surface area contributed by atoms with Gasteiger partial charge in [-0.3, -0.25) is 4.79 Å². The van der Waals surface area contributed by atoms with E-state index in [4.69, 9.17) is 0 Å². The lowest BCUT2D eigenvalue weighted by Crippen LogP contribution is -2.53. The molecule has 0 spiro atoms. The lowest BCUT2D eigenvalue weighted by Gasteiger charge is -2.60. The van der Waals surface area contributed by atoms with E-state index in [1.54, 1.807) is 0 Å². The Kier molecular flexibility index (Phi) is 5.85. The van der Waals surface area contributed by atoms with Crippen LogP contribution in [0.2, 0.25) is 0 Å².